The molecular weight excluding hydrogens is 184 g/mol. The van der Waals surface area contributed by atoms with Gasteiger partial charge < -0.3 is 4.74 Å². The number of ether oxygens (including phenoxy) is 1. The van der Waals surface area contributed by atoms with Gasteiger partial charge in [-0.15, -0.1) is 0 Å². The molecular formula is C14H23O. The van der Waals surface area contributed by atoms with Gasteiger partial charge in [0.15, 0.2) is 0 Å². The largest absolute Gasteiger partial charge is 0.375 e. The Bertz CT molecular complexity index is 198. The van der Waals surface area contributed by atoms with Crippen molar-refractivity contribution < 1.29 is 4.74 Å². The quantitative estimate of drug-likeness (QED) is 0.640. The summed E-state index contributed by atoms with van der Waals surface area (Å²) < 4.78 is 6.25. The van der Waals surface area contributed by atoms with E-state index < -0.39 is 0 Å². The lowest BCUT2D eigenvalue weighted by Gasteiger charge is -2.56. The van der Waals surface area contributed by atoms with Gasteiger partial charge >= 0.3 is 0 Å². The molecule has 0 aromatic carbocycles. The normalized spacial score (nSPS) is 47.4. The van der Waals surface area contributed by atoms with Crippen LogP contribution in [-0.2, 0) is 4.74 Å². The Kier molecular flexibility index (Phi) is 2.54. The molecule has 4 fully saturated rings. The lowest BCUT2D eigenvalue weighted by Crippen LogP contribution is -2.52. The zero-order valence-corrected chi connectivity index (χ0v) is 9.87. The van der Waals surface area contributed by atoms with Gasteiger partial charge in [0.25, 0.3) is 0 Å². The summed E-state index contributed by atoms with van der Waals surface area (Å²) in [5, 5.41) is 0. The van der Waals surface area contributed by atoms with Crippen LogP contribution in [-0.4, -0.2) is 12.2 Å². The Morgan fingerprint density at radius 3 is 2.07 bits per heavy atom. The van der Waals surface area contributed by atoms with Gasteiger partial charge in [0.05, 0.1) is 5.60 Å². The van der Waals surface area contributed by atoms with Gasteiger partial charge in [0, 0.05) is 6.61 Å². The first-order chi connectivity index (χ1) is 7.30. The van der Waals surface area contributed by atoms with Crippen molar-refractivity contribution in [3.63, 3.8) is 0 Å². The van der Waals surface area contributed by atoms with E-state index in [1.807, 2.05) is 0 Å². The number of rotatable bonds is 4. The summed E-state index contributed by atoms with van der Waals surface area (Å²) in [6.07, 6.45) is 12.0. The van der Waals surface area contributed by atoms with Crippen LogP contribution in [0.5, 0.6) is 0 Å². The highest BCUT2D eigenvalue weighted by Gasteiger charge is 2.51. The molecule has 0 aliphatic heterocycles. The molecule has 0 amide bonds. The zero-order valence-electron chi connectivity index (χ0n) is 9.87. The predicted molar refractivity (Wildman–Crippen MR) is 61.4 cm³/mol. The SMILES string of the molecule is C[CH]CCOC12CC3CC(CC(C3)C1)C2. The number of hydrogen-bond donors (Lipinski definition) is 0. The molecule has 4 rings (SSSR count). The van der Waals surface area contributed by atoms with E-state index in [0.717, 1.165) is 30.8 Å². The monoisotopic (exact) mass is 207 g/mol. The highest BCUT2D eigenvalue weighted by molar-refractivity contribution is 5.03. The first-order valence-corrected chi connectivity index (χ1v) is 6.71. The third-order valence-corrected chi connectivity index (χ3v) is 4.80. The van der Waals surface area contributed by atoms with Gasteiger partial charge in [0.1, 0.15) is 0 Å². The lowest BCUT2D eigenvalue weighted by atomic mass is 9.54. The Morgan fingerprint density at radius 1 is 1.07 bits per heavy atom. The third kappa shape index (κ3) is 1.84. The second kappa shape index (κ2) is 3.76. The van der Waals surface area contributed by atoms with E-state index in [2.05, 4.69) is 13.3 Å². The molecule has 85 valence electrons. The van der Waals surface area contributed by atoms with E-state index in [9.17, 15) is 0 Å². The van der Waals surface area contributed by atoms with E-state index in [-0.39, 0.29) is 0 Å². The first kappa shape index (κ1) is 10.1. The summed E-state index contributed by atoms with van der Waals surface area (Å²) in [6, 6.07) is 0. The highest BCUT2D eigenvalue weighted by atomic mass is 16.5. The van der Waals surface area contributed by atoms with Crippen LogP contribution in [0, 0.1) is 24.2 Å². The van der Waals surface area contributed by atoms with E-state index in [1.165, 1.54) is 38.5 Å². The van der Waals surface area contributed by atoms with Gasteiger partial charge in [-0.3, -0.25) is 0 Å². The first-order valence-electron chi connectivity index (χ1n) is 6.71. The van der Waals surface area contributed by atoms with Gasteiger partial charge in [-0.2, -0.15) is 0 Å². The maximum absolute atomic E-state index is 6.25. The summed E-state index contributed by atoms with van der Waals surface area (Å²) in [4.78, 5) is 0. The fourth-order valence-corrected chi connectivity index (χ4v) is 4.60. The van der Waals surface area contributed by atoms with Crippen molar-refractivity contribution in [2.45, 2.75) is 57.5 Å². The van der Waals surface area contributed by atoms with Crippen LogP contribution in [0.4, 0.5) is 0 Å². The second-order valence-electron chi connectivity index (χ2n) is 6.15. The maximum atomic E-state index is 6.25. The lowest BCUT2D eigenvalue weighted by molar-refractivity contribution is -0.161. The van der Waals surface area contributed by atoms with Crippen molar-refractivity contribution >= 4 is 0 Å². The Morgan fingerprint density at radius 2 is 1.60 bits per heavy atom. The van der Waals surface area contributed by atoms with Crippen molar-refractivity contribution in [2.24, 2.45) is 17.8 Å². The molecule has 4 aliphatic rings. The van der Waals surface area contributed by atoms with Crippen molar-refractivity contribution in [1.82, 2.24) is 0 Å². The van der Waals surface area contributed by atoms with Crippen LogP contribution in [0.2, 0.25) is 0 Å². The number of unbranched alkanes of at least 4 members (excludes halogenated alkanes) is 1. The topological polar surface area (TPSA) is 9.23 Å². The molecule has 4 bridgehead atoms. The van der Waals surface area contributed by atoms with Gasteiger partial charge in [-0.1, -0.05) is 6.92 Å². The molecule has 0 heterocycles. The molecule has 0 aromatic heterocycles. The summed E-state index contributed by atoms with van der Waals surface area (Å²) in [7, 11) is 0. The maximum Gasteiger partial charge on any atom is 0.0690 e. The number of hydrogen-bond acceptors (Lipinski definition) is 1. The van der Waals surface area contributed by atoms with Crippen molar-refractivity contribution in [1.29, 1.82) is 0 Å². The minimum absolute atomic E-state index is 0.331. The molecule has 0 unspecified atom stereocenters. The van der Waals surface area contributed by atoms with E-state index in [0.29, 0.717) is 5.60 Å². The molecule has 0 saturated heterocycles. The zero-order chi connectivity index (χ0) is 10.3. The van der Waals surface area contributed by atoms with Crippen LogP contribution in [0.1, 0.15) is 51.9 Å². The molecule has 0 aromatic rings. The standard InChI is InChI=1S/C14H23O/c1-2-3-4-15-14-8-11-5-12(9-14)7-13(6-11)10-14/h2,11-13H,3-10H2,1H3. The molecule has 0 N–H and O–H groups in total. The van der Waals surface area contributed by atoms with Crippen LogP contribution in [0.15, 0.2) is 0 Å². The summed E-state index contributed by atoms with van der Waals surface area (Å²) in [5.74, 6) is 3.05. The minimum atomic E-state index is 0.331. The molecule has 4 saturated carbocycles. The summed E-state index contributed by atoms with van der Waals surface area (Å²) in [6.45, 7) is 3.09. The fourth-order valence-electron chi connectivity index (χ4n) is 4.60. The van der Waals surface area contributed by atoms with Crippen molar-refractivity contribution in [2.75, 3.05) is 6.61 Å². The second-order valence-corrected chi connectivity index (χ2v) is 6.15. The Hall–Kier alpha value is -0.0400. The summed E-state index contributed by atoms with van der Waals surface area (Å²) >= 11 is 0. The highest BCUT2D eigenvalue weighted by Crippen LogP contribution is 2.57. The van der Waals surface area contributed by atoms with E-state index >= 15 is 0 Å². The summed E-state index contributed by atoms with van der Waals surface area (Å²) in [5.41, 5.74) is 0.331. The molecule has 1 nitrogen and oxygen atoms in total. The fraction of sp³-hybridized carbons (Fsp3) is 0.929. The average molecular weight is 207 g/mol. The molecule has 1 radical (unpaired) electrons. The van der Waals surface area contributed by atoms with Gasteiger partial charge in [-0.25, -0.2) is 0 Å². The van der Waals surface area contributed by atoms with Crippen LogP contribution in [0.25, 0.3) is 0 Å². The molecule has 4 aliphatic carbocycles. The van der Waals surface area contributed by atoms with Gasteiger partial charge in [0.2, 0.25) is 0 Å². The Labute approximate surface area is 93.6 Å². The van der Waals surface area contributed by atoms with Gasteiger partial charge in [-0.05, 0) is 69.1 Å². The van der Waals surface area contributed by atoms with E-state index in [1.54, 1.807) is 0 Å². The third-order valence-electron chi connectivity index (χ3n) is 4.80. The smallest absolute Gasteiger partial charge is 0.0690 e. The van der Waals surface area contributed by atoms with E-state index in [4.69, 9.17) is 4.74 Å². The van der Waals surface area contributed by atoms with Crippen LogP contribution in [0.3, 0.4) is 0 Å². The average Bonchev–Trinajstić information content (AvgIpc) is 2.15. The van der Waals surface area contributed by atoms with Crippen molar-refractivity contribution in [3.8, 4) is 0 Å². The van der Waals surface area contributed by atoms with Crippen molar-refractivity contribution in [3.05, 3.63) is 6.42 Å². The minimum Gasteiger partial charge on any atom is -0.375 e. The molecule has 0 spiro atoms. The molecule has 15 heavy (non-hydrogen) atoms. The molecule has 1 heteroatoms. The Balaban J connectivity index is 1.65. The molecule has 0 atom stereocenters. The predicted octanol–water partition coefficient (Wildman–Crippen LogP) is 3.59. The van der Waals surface area contributed by atoms with Crippen LogP contribution >= 0.6 is 0 Å². The van der Waals surface area contributed by atoms with Crippen LogP contribution < -0.4 is 0 Å².